The fraction of sp³-hybridized carbons (Fsp3) is 1.00. The number of hydrogen-bond acceptors (Lipinski definition) is 1. The van der Waals surface area contributed by atoms with Gasteiger partial charge < -0.3 is 5.73 Å². The van der Waals surface area contributed by atoms with Gasteiger partial charge in [0.05, 0.1) is 5.54 Å². The lowest BCUT2D eigenvalue weighted by molar-refractivity contribution is 0.00596. The Morgan fingerprint density at radius 3 is 2.00 bits per heavy atom. The van der Waals surface area contributed by atoms with Crippen LogP contribution in [0.4, 0.5) is 8.78 Å². The smallest absolute Gasteiger partial charge is 0.256 e. The van der Waals surface area contributed by atoms with Gasteiger partial charge in [-0.15, -0.1) is 0 Å². The summed E-state index contributed by atoms with van der Waals surface area (Å²) in [6, 6.07) is 0. The van der Waals surface area contributed by atoms with Crippen LogP contribution in [0.5, 0.6) is 0 Å². The van der Waals surface area contributed by atoms with Crippen molar-refractivity contribution in [1.29, 1.82) is 0 Å². The zero-order chi connectivity index (χ0) is 9.35. The molecular weight excluding hydrogens is 160 g/mol. The van der Waals surface area contributed by atoms with Gasteiger partial charge >= 0.3 is 0 Å². The largest absolute Gasteiger partial charge is 0.320 e. The summed E-state index contributed by atoms with van der Waals surface area (Å²) in [6.07, 6.45) is -0.405. The second kappa shape index (κ2) is 3.29. The molecule has 3 heteroatoms. The molecule has 1 aliphatic rings. The molecule has 1 fully saturated rings. The molecule has 0 radical (unpaired) electrons. The van der Waals surface area contributed by atoms with E-state index in [9.17, 15) is 8.78 Å². The minimum Gasteiger partial charge on any atom is -0.320 e. The third-order valence-electron chi connectivity index (χ3n) is 2.70. The van der Waals surface area contributed by atoms with Crippen molar-refractivity contribution in [2.24, 2.45) is 17.6 Å². The predicted octanol–water partition coefficient (Wildman–Crippen LogP) is 2.41. The molecule has 0 aromatic rings. The van der Waals surface area contributed by atoms with Gasteiger partial charge in [0.25, 0.3) is 6.43 Å². The van der Waals surface area contributed by atoms with Crippen LogP contribution in [-0.2, 0) is 0 Å². The zero-order valence-corrected chi connectivity index (χ0v) is 7.69. The maximum absolute atomic E-state index is 12.5. The highest BCUT2D eigenvalue weighted by Crippen LogP contribution is 2.37. The van der Waals surface area contributed by atoms with E-state index in [4.69, 9.17) is 5.73 Å². The molecule has 0 aromatic heterocycles. The van der Waals surface area contributed by atoms with Crippen LogP contribution in [0.2, 0.25) is 0 Å². The van der Waals surface area contributed by atoms with E-state index in [1.807, 2.05) is 13.8 Å². The topological polar surface area (TPSA) is 26.0 Å². The van der Waals surface area contributed by atoms with Gasteiger partial charge in [-0.1, -0.05) is 13.8 Å². The summed E-state index contributed by atoms with van der Waals surface area (Å²) in [5.74, 6) is 0.681. The molecule has 0 aromatic carbocycles. The maximum Gasteiger partial charge on any atom is 0.256 e. The number of halogens is 2. The highest BCUT2D eigenvalue weighted by molar-refractivity contribution is 4.93. The normalized spacial score (nSPS) is 43.5. The van der Waals surface area contributed by atoms with E-state index >= 15 is 0 Å². The van der Waals surface area contributed by atoms with Crippen molar-refractivity contribution in [3.8, 4) is 0 Å². The Bertz CT molecular complexity index is 149. The molecule has 0 saturated heterocycles. The molecule has 0 spiro atoms. The lowest BCUT2D eigenvalue weighted by Gasteiger charge is -2.39. The molecule has 12 heavy (non-hydrogen) atoms. The lowest BCUT2D eigenvalue weighted by atomic mass is 9.72. The SMILES string of the molecule is CC1CC(C)CC(N)(C(F)F)C1. The van der Waals surface area contributed by atoms with Gasteiger partial charge in [0.2, 0.25) is 0 Å². The predicted molar refractivity (Wildman–Crippen MR) is 45.1 cm³/mol. The van der Waals surface area contributed by atoms with E-state index in [2.05, 4.69) is 0 Å². The summed E-state index contributed by atoms with van der Waals surface area (Å²) >= 11 is 0. The van der Waals surface area contributed by atoms with Crippen LogP contribution >= 0.6 is 0 Å². The highest BCUT2D eigenvalue weighted by Gasteiger charge is 2.41. The van der Waals surface area contributed by atoms with Crippen molar-refractivity contribution in [1.82, 2.24) is 0 Å². The molecule has 0 amide bonds. The third kappa shape index (κ3) is 1.94. The first-order chi connectivity index (χ1) is 5.44. The Labute approximate surface area is 72.3 Å². The van der Waals surface area contributed by atoms with E-state index in [0.717, 1.165) is 6.42 Å². The molecule has 2 N–H and O–H groups in total. The zero-order valence-electron chi connectivity index (χ0n) is 7.69. The van der Waals surface area contributed by atoms with Gasteiger partial charge in [0.15, 0.2) is 0 Å². The summed E-state index contributed by atoms with van der Waals surface area (Å²) in [5.41, 5.74) is 4.42. The van der Waals surface area contributed by atoms with Crippen molar-refractivity contribution in [3.63, 3.8) is 0 Å². The van der Waals surface area contributed by atoms with Gasteiger partial charge in [-0.3, -0.25) is 0 Å². The molecule has 1 rings (SSSR count). The first-order valence-corrected chi connectivity index (χ1v) is 4.51. The van der Waals surface area contributed by atoms with Crippen LogP contribution in [0.15, 0.2) is 0 Å². The first-order valence-electron chi connectivity index (χ1n) is 4.51. The average Bonchev–Trinajstić information content (AvgIpc) is 1.82. The quantitative estimate of drug-likeness (QED) is 0.654. The van der Waals surface area contributed by atoms with Gasteiger partial charge in [0, 0.05) is 0 Å². The monoisotopic (exact) mass is 177 g/mol. The minimum absolute atomic E-state index is 0.341. The highest BCUT2D eigenvalue weighted by atomic mass is 19.3. The molecule has 1 aliphatic carbocycles. The Morgan fingerprint density at radius 2 is 1.67 bits per heavy atom. The first kappa shape index (κ1) is 9.90. The molecule has 72 valence electrons. The number of rotatable bonds is 1. The molecule has 2 unspecified atom stereocenters. The van der Waals surface area contributed by atoms with Crippen molar-refractivity contribution in [2.45, 2.75) is 45.1 Å². The Kier molecular flexibility index (Phi) is 2.71. The second-order valence-electron chi connectivity index (χ2n) is 4.39. The number of hydrogen-bond donors (Lipinski definition) is 1. The minimum atomic E-state index is -2.37. The van der Waals surface area contributed by atoms with E-state index < -0.39 is 12.0 Å². The van der Waals surface area contributed by atoms with Crippen LogP contribution in [0.1, 0.15) is 33.1 Å². The summed E-state index contributed by atoms with van der Waals surface area (Å²) in [6.45, 7) is 4.00. The molecule has 1 nitrogen and oxygen atoms in total. The number of alkyl halides is 2. The molecule has 1 saturated carbocycles. The molecule has 0 heterocycles. The van der Waals surface area contributed by atoms with Gasteiger partial charge in [-0.2, -0.15) is 0 Å². The van der Waals surface area contributed by atoms with Gasteiger partial charge in [0.1, 0.15) is 0 Å². The third-order valence-corrected chi connectivity index (χ3v) is 2.70. The average molecular weight is 177 g/mol. The summed E-state index contributed by atoms with van der Waals surface area (Å²) in [7, 11) is 0. The van der Waals surface area contributed by atoms with Gasteiger partial charge in [-0.05, 0) is 31.1 Å². The number of nitrogens with two attached hydrogens (primary N) is 1. The Balaban J connectivity index is 2.65. The fourth-order valence-electron chi connectivity index (χ4n) is 2.41. The summed E-state index contributed by atoms with van der Waals surface area (Å²) < 4.78 is 25.1. The summed E-state index contributed by atoms with van der Waals surface area (Å²) in [5, 5.41) is 0. The molecular formula is C9H17F2N. The molecule has 2 atom stereocenters. The molecule has 0 aliphatic heterocycles. The molecule has 0 bridgehead atoms. The van der Waals surface area contributed by atoms with E-state index in [1.54, 1.807) is 0 Å². The maximum atomic E-state index is 12.5. The van der Waals surface area contributed by atoms with Crippen LogP contribution in [0.3, 0.4) is 0 Å². The van der Waals surface area contributed by atoms with E-state index in [1.165, 1.54) is 0 Å². The van der Waals surface area contributed by atoms with Crippen molar-refractivity contribution in [2.75, 3.05) is 0 Å². The van der Waals surface area contributed by atoms with Crippen molar-refractivity contribution < 1.29 is 8.78 Å². The van der Waals surface area contributed by atoms with Crippen LogP contribution in [-0.4, -0.2) is 12.0 Å². The van der Waals surface area contributed by atoms with Crippen LogP contribution < -0.4 is 5.73 Å². The fourth-order valence-corrected chi connectivity index (χ4v) is 2.41. The lowest BCUT2D eigenvalue weighted by Crippen LogP contribution is -2.52. The Hall–Kier alpha value is -0.180. The Morgan fingerprint density at radius 1 is 1.25 bits per heavy atom. The summed E-state index contributed by atoms with van der Waals surface area (Å²) in [4.78, 5) is 0. The van der Waals surface area contributed by atoms with Gasteiger partial charge in [-0.25, -0.2) is 8.78 Å². The van der Waals surface area contributed by atoms with Crippen LogP contribution in [0, 0.1) is 11.8 Å². The van der Waals surface area contributed by atoms with E-state index in [-0.39, 0.29) is 0 Å². The standard InChI is InChI=1S/C9H17F2N/c1-6-3-7(2)5-9(12,4-6)8(10)11/h6-8H,3-5,12H2,1-2H3. The second-order valence-corrected chi connectivity index (χ2v) is 4.39. The van der Waals surface area contributed by atoms with E-state index in [0.29, 0.717) is 24.7 Å². The van der Waals surface area contributed by atoms with Crippen LogP contribution in [0.25, 0.3) is 0 Å². The van der Waals surface area contributed by atoms with Crippen molar-refractivity contribution >= 4 is 0 Å². The van der Waals surface area contributed by atoms with Crippen molar-refractivity contribution in [3.05, 3.63) is 0 Å².